The van der Waals surface area contributed by atoms with Crippen molar-refractivity contribution >= 4 is 12.0 Å². The van der Waals surface area contributed by atoms with E-state index < -0.39 is 0 Å². The van der Waals surface area contributed by atoms with Gasteiger partial charge in [-0.3, -0.25) is 4.79 Å². The van der Waals surface area contributed by atoms with E-state index in [0.717, 1.165) is 25.9 Å². The minimum atomic E-state index is 0.0776. The zero-order valence-electron chi connectivity index (χ0n) is 11.8. The molecule has 3 nitrogen and oxygen atoms in total. The SMILES string of the molecule is O=C(c1ccoc1)N1CCC2(C=Cc3ccccc32)CC1. The molecule has 1 amide bonds. The second kappa shape index (κ2) is 4.62. The largest absolute Gasteiger partial charge is 0.472 e. The van der Waals surface area contributed by atoms with Gasteiger partial charge in [0, 0.05) is 18.5 Å². The molecule has 1 fully saturated rings. The first-order valence-corrected chi connectivity index (χ1v) is 7.39. The van der Waals surface area contributed by atoms with Gasteiger partial charge in [-0.1, -0.05) is 36.4 Å². The van der Waals surface area contributed by atoms with E-state index in [0.29, 0.717) is 5.56 Å². The molecular weight excluding hydrogens is 262 g/mol. The second-order valence-electron chi connectivity index (χ2n) is 5.88. The van der Waals surface area contributed by atoms with Gasteiger partial charge in [-0.15, -0.1) is 0 Å². The number of carbonyl (C=O) groups is 1. The Hall–Kier alpha value is -2.29. The van der Waals surface area contributed by atoms with Crippen LogP contribution in [0.1, 0.15) is 34.3 Å². The fourth-order valence-electron chi connectivity index (χ4n) is 3.55. The summed E-state index contributed by atoms with van der Waals surface area (Å²) >= 11 is 0. The number of carbonyl (C=O) groups excluding carboxylic acids is 1. The maximum Gasteiger partial charge on any atom is 0.257 e. The van der Waals surface area contributed by atoms with Crippen LogP contribution in [0.4, 0.5) is 0 Å². The lowest BCUT2D eigenvalue weighted by Gasteiger charge is -2.39. The minimum absolute atomic E-state index is 0.0776. The standard InChI is InChI=1S/C18H17NO2/c20-17(15-6-12-21-13-15)19-10-8-18(9-11-19)7-5-14-3-1-2-4-16(14)18/h1-7,12-13H,8-11H2. The normalized spacial score (nSPS) is 19.0. The van der Waals surface area contributed by atoms with Crippen LogP contribution in [0, 0.1) is 0 Å². The molecular formula is C18H17NO2. The van der Waals surface area contributed by atoms with E-state index >= 15 is 0 Å². The number of nitrogens with zero attached hydrogens (tertiary/aromatic N) is 1. The van der Waals surface area contributed by atoms with Crippen molar-refractivity contribution in [3.05, 3.63) is 65.6 Å². The van der Waals surface area contributed by atoms with Crippen molar-refractivity contribution in [2.45, 2.75) is 18.3 Å². The predicted molar refractivity (Wildman–Crippen MR) is 81.0 cm³/mol. The van der Waals surface area contributed by atoms with E-state index in [2.05, 4.69) is 36.4 Å². The molecule has 1 aromatic carbocycles. The second-order valence-corrected chi connectivity index (χ2v) is 5.88. The van der Waals surface area contributed by atoms with Crippen molar-refractivity contribution < 1.29 is 9.21 Å². The number of fused-ring (bicyclic) bond motifs is 2. The van der Waals surface area contributed by atoms with Crippen molar-refractivity contribution in [1.29, 1.82) is 0 Å². The molecule has 1 spiro atoms. The van der Waals surface area contributed by atoms with E-state index in [4.69, 9.17) is 4.42 Å². The number of rotatable bonds is 1. The van der Waals surface area contributed by atoms with Crippen molar-refractivity contribution in [2.24, 2.45) is 0 Å². The molecule has 2 heterocycles. The van der Waals surface area contributed by atoms with Crippen LogP contribution in [-0.4, -0.2) is 23.9 Å². The highest BCUT2D eigenvalue weighted by Crippen LogP contribution is 2.43. The summed E-state index contributed by atoms with van der Waals surface area (Å²) in [7, 11) is 0. The van der Waals surface area contributed by atoms with Crippen molar-refractivity contribution in [1.82, 2.24) is 4.90 Å². The van der Waals surface area contributed by atoms with Gasteiger partial charge in [0.2, 0.25) is 0 Å². The van der Waals surface area contributed by atoms with Gasteiger partial charge in [0.05, 0.1) is 11.8 Å². The summed E-state index contributed by atoms with van der Waals surface area (Å²) in [6, 6.07) is 10.3. The van der Waals surface area contributed by atoms with E-state index in [1.54, 1.807) is 12.3 Å². The van der Waals surface area contributed by atoms with Crippen molar-refractivity contribution in [3.8, 4) is 0 Å². The lowest BCUT2D eigenvalue weighted by atomic mass is 9.74. The summed E-state index contributed by atoms with van der Waals surface area (Å²) in [5.74, 6) is 0.0776. The number of likely N-dealkylation sites (tertiary alicyclic amines) is 1. The van der Waals surface area contributed by atoms with Gasteiger partial charge < -0.3 is 9.32 Å². The molecule has 21 heavy (non-hydrogen) atoms. The van der Waals surface area contributed by atoms with Gasteiger partial charge in [0.25, 0.3) is 5.91 Å². The van der Waals surface area contributed by atoms with E-state index in [1.807, 2.05) is 4.90 Å². The molecule has 106 valence electrons. The highest BCUT2D eigenvalue weighted by Gasteiger charge is 2.38. The van der Waals surface area contributed by atoms with Crippen LogP contribution >= 0.6 is 0 Å². The Morgan fingerprint density at radius 1 is 1.14 bits per heavy atom. The Labute approximate surface area is 123 Å². The van der Waals surface area contributed by atoms with Crippen LogP contribution in [-0.2, 0) is 5.41 Å². The molecule has 1 aromatic heterocycles. The van der Waals surface area contributed by atoms with Gasteiger partial charge in [-0.2, -0.15) is 0 Å². The number of furan rings is 1. The molecule has 1 saturated heterocycles. The Kier molecular flexibility index (Phi) is 2.74. The summed E-state index contributed by atoms with van der Waals surface area (Å²) in [5.41, 5.74) is 3.52. The highest BCUT2D eigenvalue weighted by atomic mass is 16.3. The first-order valence-electron chi connectivity index (χ1n) is 7.39. The number of allylic oxidation sites excluding steroid dienone is 1. The van der Waals surface area contributed by atoms with Crippen LogP contribution in [0.3, 0.4) is 0 Å². The van der Waals surface area contributed by atoms with E-state index in [9.17, 15) is 4.79 Å². The topological polar surface area (TPSA) is 33.5 Å². The Morgan fingerprint density at radius 2 is 1.95 bits per heavy atom. The number of amides is 1. The van der Waals surface area contributed by atoms with Gasteiger partial charge >= 0.3 is 0 Å². The maximum absolute atomic E-state index is 12.4. The third-order valence-corrected chi connectivity index (χ3v) is 4.79. The molecule has 0 saturated carbocycles. The molecule has 0 bridgehead atoms. The fourth-order valence-corrected chi connectivity index (χ4v) is 3.55. The lowest BCUT2D eigenvalue weighted by Crippen LogP contribution is -2.43. The third kappa shape index (κ3) is 1.92. The zero-order chi connectivity index (χ0) is 14.3. The van der Waals surface area contributed by atoms with Crippen LogP contribution in [0.15, 0.2) is 53.4 Å². The molecule has 1 aliphatic heterocycles. The average Bonchev–Trinajstić information content (AvgIpc) is 3.17. The maximum atomic E-state index is 12.4. The summed E-state index contributed by atoms with van der Waals surface area (Å²) < 4.78 is 5.01. The lowest BCUT2D eigenvalue weighted by molar-refractivity contribution is 0.0689. The fraction of sp³-hybridized carbons (Fsp3) is 0.278. The van der Waals surface area contributed by atoms with Gasteiger partial charge in [-0.05, 0) is 30.0 Å². The number of hydrogen-bond donors (Lipinski definition) is 0. The molecule has 3 heteroatoms. The summed E-state index contributed by atoms with van der Waals surface area (Å²) in [4.78, 5) is 14.3. The first-order chi connectivity index (χ1) is 10.3. The predicted octanol–water partition coefficient (Wildman–Crippen LogP) is 3.48. The minimum Gasteiger partial charge on any atom is -0.472 e. The number of benzene rings is 1. The third-order valence-electron chi connectivity index (χ3n) is 4.79. The van der Waals surface area contributed by atoms with Crippen molar-refractivity contribution in [2.75, 3.05) is 13.1 Å². The Bertz CT molecular complexity index is 692. The molecule has 2 aromatic rings. The molecule has 4 rings (SSSR count). The van der Waals surface area contributed by atoms with Gasteiger partial charge in [0.1, 0.15) is 6.26 Å². The summed E-state index contributed by atoms with van der Waals surface area (Å²) in [6.07, 6.45) is 9.61. The molecule has 0 unspecified atom stereocenters. The van der Waals surface area contributed by atoms with Crippen molar-refractivity contribution in [3.63, 3.8) is 0 Å². The smallest absolute Gasteiger partial charge is 0.257 e. The van der Waals surface area contributed by atoms with Crippen LogP contribution in [0.5, 0.6) is 0 Å². The summed E-state index contributed by atoms with van der Waals surface area (Å²) in [5, 5.41) is 0. The van der Waals surface area contributed by atoms with E-state index in [1.165, 1.54) is 17.4 Å². The quantitative estimate of drug-likeness (QED) is 0.800. The molecule has 0 radical (unpaired) electrons. The molecule has 2 aliphatic rings. The monoisotopic (exact) mass is 279 g/mol. The first kappa shape index (κ1) is 12.5. The number of piperidine rings is 1. The highest BCUT2D eigenvalue weighted by molar-refractivity contribution is 5.93. The molecule has 0 atom stereocenters. The van der Waals surface area contributed by atoms with Gasteiger partial charge in [-0.25, -0.2) is 0 Å². The van der Waals surface area contributed by atoms with Crippen LogP contribution in [0.25, 0.3) is 6.08 Å². The molecule has 0 N–H and O–H groups in total. The Balaban J connectivity index is 1.53. The number of hydrogen-bond acceptors (Lipinski definition) is 2. The molecule has 1 aliphatic carbocycles. The van der Waals surface area contributed by atoms with Gasteiger partial charge in [0.15, 0.2) is 0 Å². The average molecular weight is 279 g/mol. The van der Waals surface area contributed by atoms with Crippen LogP contribution in [0.2, 0.25) is 0 Å². The van der Waals surface area contributed by atoms with Crippen LogP contribution < -0.4 is 0 Å². The Morgan fingerprint density at radius 3 is 2.71 bits per heavy atom. The summed E-state index contributed by atoms with van der Waals surface area (Å²) in [6.45, 7) is 1.59. The van der Waals surface area contributed by atoms with E-state index in [-0.39, 0.29) is 11.3 Å². The zero-order valence-corrected chi connectivity index (χ0v) is 11.8.